The van der Waals surface area contributed by atoms with E-state index in [9.17, 15) is 0 Å². The van der Waals surface area contributed by atoms with Gasteiger partial charge in [0, 0.05) is 36.2 Å². The number of ether oxygens (including phenoxy) is 1. The molecule has 1 saturated heterocycles. The first-order valence-electron chi connectivity index (χ1n) is 9.83. The molecule has 0 amide bonds. The summed E-state index contributed by atoms with van der Waals surface area (Å²) in [5.41, 5.74) is 4.96. The third-order valence-electron chi connectivity index (χ3n) is 4.98. The third kappa shape index (κ3) is 3.99. The monoisotopic (exact) mass is 399 g/mol. The van der Waals surface area contributed by atoms with E-state index in [1.54, 1.807) is 17.2 Å². The van der Waals surface area contributed by atoms with E-state index >= 15 is 0 Å². The lowest BCUT2D eigenvalue weighted by molar-refractivity contribution is 0.122. The van der Waals surface area contributed by atoms with E-state index in [0.29, 0.717) is 5.95 Å². The van der Waals surface area contributed by atoms with Crippen LogP contribution in [0.4, 0.5) is 17.3 Å². The maximum Gasteiger partial charge on any atom is 0.227 e. The van der Waals surface area contributed by atoms with Gasteiger partial charge < -0.3 is 15.0 Å². The second-order valence-corrected chi connectivity index (χ2v) is 6.93. The van der Waals surface area contributed by atoms with Crippen molar-refractivity contribution in [3.63, 3.8) is 0 Å². The van der Waals surface area contributed by atoms with E-state index in [0.717, 1.165) is 48.9 Å². The van der Waals surface area contributed by atoms with Crippen LogP contribution in [0.2, 0.25) is 0 Å². The van der Waals surface area contributed by atoms with Crippen molar-refractivity contribution in [3.05, 3.63) is 73.4 Å². The van der Waals surface area contributed by atoms with Crippen molar-refractivity contribution in [1.29, 1.82) is 0 Å². The summed E-state index contributed by atoms with van der Waals surface area (Å²) in [4.78, 5) is 15.4. The molecule has 5 rings (SSSR count). The van der Waals surface area contributed by atoms with Crippen molar-refractivity contribution in [2.75, 3.05) is 36.5 Å². The molecule has 3 heterocycles. The van der Waals surface area contributed by atoms with Crippen LogP contribution in [0.3, 0.4) is 0 Å². The van der Waals surface area contributed by atoms with Crippen molar-refractivity contribution in [1.82, 2.24) is 24.7 Å². The molecule has 0 unspecified atom stereocenters. The van der Waals surface area contributed by atoms with Crippen LogP contribution in [0.25, 0.3) is 16.9 Å². The van der Waals surface area contributed by atoms with Gasteiger partial charge in [0.1, 0.15) is 12.7 Å². The quantitative estimate of drug-likeness (QED) is 0.551. The Bertz CT molecular complexity index is 1110. The van der Waals surface area contributed by atoms with Crippen LogP contribution in [0.1, 0.15) is 0 Å². The molecule has 0 radical (unpaired) electrons. The maximum absolute atomic E-state index is 5.46. The molecule has 4 aromatic rings. The van der Waals surface area contributed by atoms with Crippen LogP contribution in [-0.4, -0.2) is 51.0 Å². The molecule has 8 nitrogen and oxygen atoms in total. The van der Waals surface area contributed by atoms with Crippen molar-refractivity contribution in [2.45, 2.75) is 0 Å². The molecule has 2 aromatic carbocycles. The molecule has 0 bridgehead atoms. The largest absolute Gasteiger partial charge is 0.378 e. The summed E-state index contributed by atoms with van der Waals surface area (Å²) in [6, 6.07) is 18.2. The molecule has 0 saturated carbocycles. The van der Waals surface area contributed by atoms with E-state index in [1.165, 1.54) is 12.0 Å². The average Bonchev–Trinajstić information content (AvgIpc) is 3.36. The van der Waals surface area contributed by atoms with Gasteiger partial charge in [0.05, 0.1) is 24.6 Å². The van der Waals surface area contributed by atoms with Gasteiger partial charge in [-0.15, -0.1) is 0 Å². The van der Waals surface area contributed by atoms with Crippen molar-refractivity contribution >= 4 is 17.3 Å². The van der Waals surface area contributed by atoms with Crippen LogP contribution >= 0.6 is 0 Å². The molecule has 0 spiro atoms. The van der Waals surface area contributed by atoms with E-state index < -0.39 is 0 Å². The van der Waals surface area contributed by atoms with E-state index in [-0.39, 0.29) is 0 Å². The predicted molar refractivity (Wildman–Crippen MR) is 115 cm³/mol. The number of benzene rings is 2. The minimum atomic E-state index is 0.554. The molecule has 1 N–H and O–H groups in total. The molecule has 30 heavy (non-hydrogen) atoms. The van der Waals surface area contributed by atoms with Gasteiger partial charge in [0.25, 0.3) is 0 Å². The van der Waals surface area contributed by atoms with Gasteiger partial charge in [-0.2, -0.15) is 5.10 Å². The van der Waals surface area contributed by atoms with Gasteiger partial charge in [-0.05, 0) is 42.5 Å². The summed E-state index contributed by atoms with van der Waals surface area (Å²) >= 11 is 0. The molecule has 1 aliphatic heterocycles. The number of aromatic nitrogens is 5. The van der Waals surface area contributed by atoms with E-state index in [2.05, 4.69) is 49.5 Å². The number of morpholine rings is 1. The number of rotatable bonds is 5. The van der Waals surface area contributed by atoms with Crippen LogP contribution < -0.4 is 10.2 Å². The Morgan fingerprint density at radius 3 is 2.60 bits per heavy atom. The van der Waals surface area contributed by atoms with Crippen LogP contribution in [0, 0.1) is 0 Å². The highest BCUT2D eigenvalue weighted by Gasteiger charge is 2.12. The van der Waals surface area contributed by atoms with E-state index in [4.69, 9.17) is 9.72 Å². The van der Waals surface area contributed by atoms with Gasteiger partial charge in [0.15, 0.2) is 0 Å². The Morgan fingerprint density at radius 2 is 1.80 bits per heavy atom. The fraction of sp³-hybridized carbons (Fsp3) is 0.182. The van der Waals surface area contributed by atoms with Gasteiger partial charge >= 0.3 is 0 Å². The molecule has 150 valence electrons. The van der Waals surface area contributed by atoms with E-state index in [1.807, 2.05) is 30.3 Å². The fourth-order valence-corrected chi connectivity index (χ4v) is 3.43. The Morgan fingerprint density at radius 1 is 0.933 bits per heavy atom. The van der Waals surface area contributed by atoms with Crippen molar-refractivity contribution in [2.24, 2.45) is 0 Å². The fourth-order valence-electron chi connectivity index (χ4n) is 3.43. The van der Waals surface area contributed by atoms with Gasteiger partial charge in [-0.3, -0.25) is 0 Å². The molecule has 0 atom stereocenters. The van der Waals surface area contributed by atoms with Crippen molar-refractivity contribution in [3.8, 4) is 16.9 Å². The Balaban J connectivity index is 1.34. The number of anilines is 3. The number of hydrogen-bond donors (Lipinski definition) is 1. The molecule has 1 fully saturated rings. The normalized spacial score (nSPS) is 13.9. The standard InChI is InChI=1S/C22H21N7O/c1-2-17(14-20(3-1)28-10-12-30-13-11-28)21-8-9-24-22(27-21)26-18-4-6-19(7-5-18)29-16-23-15-25-29/h1-9,14-16H,10-13H2,(H,24,26,27). The lowest BCUT2D eigenvalue weighted by Crippen LogP contribution is -2.36. The van der Waals surface area contributed by atoms with Gasteiger partial charge in [-0.25, -0.2) is 19.6 Å². The Hall–Kier alpha value is -3.78. The minimum absolute atomic E-state index is 0.554. The lowest BCUT2D eigenvalue weighted by atomic mass is 10.1. The zero-order valence-corrected chi connectivity index (χ0v) is 16.3. The molecule has 1 aliphatic rings. The summed E-state index contributed by atoms with van der Waals surface area (Å²) in [5.74, 6) is 0.554. The van der Waals surface area contributed by atoms with Crippen LogP contribution in [-0.2, 0) is 4.74 Å². The van der Waals surface area contributed by atoms with Crippen LogP contribution in [0.5, 0.6) is 0 Å². The van der Waals surface area contributed by atoms with Crippen molar-refractivity contribution < 1.29 is 4.74 Å². The first kappa shape index (κ1) is 18.3. The maximum atomic E-state index is 5.46. The number of nitrogens with one attached hydrogen (secondary N) is 1. The summed E-state index contributed by atoms with van der Waals surface area (Å²) < 4.78 is 7.17. The Kier molecular flexibility index (Phi) is 5.05. The minimum Gasteiger partial charge on any atom is -0.378 e. The second-order valence-electron chi connectivity index (χ2n) is 6.93. The topological polar surface area (TPSA) is 81.0 Å². The lowest BCUT2D eigenvalue weighted by Gasteiger charge is -2.29. The highest BCUT2D eigenvalue weighted by Crippen LogP contribution is 2.25. The smallest absolute Gasteiger partial charge is 0.227 e. The highest BCUT2D eigenvalue weighted by molar-refractivity contribution is 5.67. The predicted octanol–water partition coefficient (Wildman–Crippen LogP) is 3.30. The number of nitrogens with zero attached hydrogens (tertiary/aromatic N) is 6. The molecule has 0 aliphatic carbocycles. The third-order valence-corrected chi connectivity index (χ3v) is 4.98. The zero-order valence-electron chi connectivity index (χ0n) is 16.3. The summed E-state index contributed by atoms with van der Waals surface area (Å²) in [7, 11) is 0. The molecular formula is C22H21N7O. The molecule has 2 aromatic heterocycles. The number of hydrogen-bond acceptors (Lipinski definition) is 7. The second kappa shape index (κ2) is 8.30. The summed E-state index contributed by atoms with van der Waals surface area (Å²) in [6.45, 7) is 3.35. The molecule has 8 heteroatoms. The zero-order chi connectivity index (χ0) is 20.2. The first-order valence-corrected chi connectivity index (χ1v) is 9.83. The summed E-state index contributed by atoms with van der Waals surface area (Å²) in [6.07, 6.45) is 4.95. The summed E-state index contributed by atoms with van der Waals surface area (Å²) in [5, 5.41) is 7.41. The van der Waals surface area contributed by atoms with Gasteiger partial charge in [-0.1, -0.05) is 12.1 Å². The highest BCUT2D eigenvalue weighted by atomic mass is 16.5. The molecular weight excluding hydrogens is 378 g/mol. The SMILES string of the molecule is c1cc(-c2ccnc(Nc3ccc(-n4cncn4)cc3)n2)cc(N2CCOCC2)c1. The Labute approximate surface area is 174 Å². The first-order chi connectivity index (χ1) is 14.8. The van der Waals surface area contributed by atoms with Gasteiger partial charge in [0.2, 0.25) is 5.95 Å². The van der Waals surface area contributed by atoms with Crippen LogP contribution in [0.15, 0.2) is 73.4 Å². The average molecular weight is 399 g/mol.